The first kappa shape index (κ1) is 11.5. The highest BCUT2D eigenvalue weighted by Crippen LogP contribution is 2.19. The van der Waals surface area contributed by atoms with Crippen molar-refractivity contribution in [2.45, 2.75) is 33.7 Å². The Bertz CT molecular complexity index is 425. The monoisotopic (exact) mass is 204 g/mol. The van der Waals surface area contributed by atoms with Crippen molar-refractivity contribution >= 4 is 0 Å². The van der Waals surface area contributed by atoms with Crippen LogP contribution in [0.15, 0.2) is 16.9 Å². The van der Waals surface area contributed by atoms with Gasteiger partial charge in [0, 0.05) is 23.5 Å². The number of nitriles is 1. The van der Waals surface area contributed by atoms with Crippen molar-refractivity contribution < 1.29 is 0 Å². The second-order valence-corrected chi connectivity index (χ2v) is 4.16. The Labute approximate surface area is 90.0 Å². The SMILES string of the molecule is Cc1cc(=O)cc(C)n1C(C#N)C(C)C. The van der Waals surface area contributed by atoms with Crippen LogP contribution in [0.3, 0.4) is 0 Å². The lowest BCUT2D eigenvalue weighted by Gasteiger charge is -2.22. The molecule has 0 aliphatic heterocycles. The first-order valence-electron chi connectivity index (χ1n) is 5.06. The summed E-state index contributed by atoms with van der Waals surface area (Å²) in [7, 11) is 0. The largest absolute Gasteiger partial charge is 0.332 e. The van der Waals surface area contributed by atoms with Gasteiger partial charge < -0.3 is 4.57 Å². The van der Waals surface area contributed by atoms with Gasteiger partial charge in [-0.3, -0.25) is 4.79 Å². The standard InChI is InChI=1S/C12H16N2O/c1-8(2)12(7-13)14-9(3)5-11(15)6-10(14)4/h5-6,8,12H,1-4H3. The number of aromatic nitrogens is 1. The summed E-state index contributed by atoms with van der Waals surface area (Å²) < 4.78 is 1.92. The Morgan fingerprint density at radius 1 is 1.27 bits per heavy atom. The third-order valence-electron chi connectivity index (χ3n) is 2.50. The van der Waals surface area contributed by atoms with Gasteiger partial charge in [-0.15, -0.1) is 0 Å². The normalized spacial score (nSPS) is 12.5. The fraction of sp³-hybridized carbons (Fsp3) is 0.500. The van der Waals surface area contributed by atoms with Crippen molar-refractivity contribution in [1.82, 2.24) is 4.57 Å². The lowest BCUT2D eigenvalue weighted by atomic mass is 10.0. The van der Waals surface area contributed by atoms with Crippen LogP contribution >= 0.6 is 0 Å². The maximum Gasteiger partial charge on any atom is 0.182 e. The summed E-state index contributed by atoms with van der Waals surface area (Å²) in [4.78, 5) is 11.2. The third-order valence-corrected chi connectivity index (χ3v) is 2.50. The van der Waals surface area contributed by atoms with Crippen LogP contribution in [-0.4, -0.2) is 4.57 Å². The number of aryl methyl sites for hydroxylation is 2. The molecule has 0 aliphatic carbocycles. The minimum absolute atomic E-state index is 0.00157. The van der Waals surface area contributed by atoms with Gasteiger partial charge in [0.2, 0.25) is 0 Å². The molecule has 0 fully saturated rings. The molecule has 1 aromatic heterocycles. The van der Waals surface area contributed by atoms with Crippen LogP contribution in [0.25, 0.3) is 0 Å². The second-order valence-electron chi connectivity index (χ2n) is 4.16. The Balaban J connectivity index is 3.37. The Morgan fingerprint density at radius 2 is 1.73 bits per heavy atom. The van der Waals surface area contributed by atoms with Crippen molar-refractivity contribution in [3.8, 4) is 6.07 Å². The van der Waals surface area contributed by atoms with Crippen LogP contribution < -0.4 is 5.43 Å². The van der Waals surface area contributed by atoms with E-state index in [1.165, 1.54) is 0 Å². The molecule has 0 aliphatic rings. The zero-order chi connectivity index (χ0) is 11.6. The minimum atomic E-state index is -0.203. The smallest absolute Gasteiger partial charge is 0.182 e. The van der Waals surface area contributed by atoms with E-state index in [0.29, 0.717) is 0 Å². The minimum Gasteiger partial charge on any atom is -0.332 e. The van der Waals surface area contributed by atoms with E-state index in [0.717, 1.165) is 11.4 Å². The van der Waals surface area contributed by atoms with Crippen LogP contribution in [0.1, 0.15) is 31.3 Å². The van der Waals surface area contributed by atoms with E-state index in [9.17, 15) is 4.79 Å². The molecular formula is C12H16N2O. The van der Waals surface area contributed by atoms with E-state index in [1.54, 1.807) is 12.1 Å². The maximum absolute atomic E-state index is 11.2. The molecule has 1 atom stereocenters. The summed E-state index contributed by atoms with van der Waals surface area (Å²) in [5.41, 5.74) is 1.70. The summed E-state index contributed by atoms with van der Waals surface area (Å²) in [6.45, 7) is 7.73. The number of rotatable bonds is 2. The highest BCUT2D eigenvalue weighted by Gasteiger charge is 2.16. The molecule has 1 rings (SSSR count). The van der Waals surface area contributed by atoms with E-state index >= 15 is 0 Å². The number of hydrogen-bond acceptors (Lipinski definition) is 2. The van der Waals surface area contributed by atoms with Crippen molar-refractivity contribution in [2.24, 2.45) is 5.92 Å². The summed E-state index contributed by atoms with van der Waals surface area (Å²) in [5.74, 6) is 0.231. The molecule has 1 heterocycles. The second kappa shape index (κ2) is 4.31. The fourth-order valence-electron chi connectivity index (χ4n) is 1.81. The molecular weight excluding hydrogens is 188 g/mol. The zero-order valence-electron chi connectivity index (χ0n) is 9.61. The van der Waals surface area contributed by atoms with E-state index in [1.807, 2.05) is 32.3 Å². The molecule has 0 saturated heterocycles. The highest BCUT2D eigenvalue weighted by molar-refractivity contribution is 5.16. The van der Waals surface area contributed by atoms with Gasteiger partial charge in [0.25, 0.3) is 0 Å². The van der Waals surface area contributed by atoms with Crippen molar-refractivity contribution in [1.29, 1.82) is 5.26 Å². The molecule has 0 bridgehead atoms. The molecule has 1 aromatic rings. The van der Waals surface area contributed by atoms with Gasteiger partial charge in [-0.25, -0.2) is 0 Å². The molecule has 0 N–H and O–H groups in total. The molecule has 1 unspecified atom stereocenters. The van der Waals surface area contributed by atoms with Crippen LogP contribution in [0, 0.1) is 31.1 Å². The molecule has 80 valence electrons. The molecule has 0 radical (unpaired) electrons. The topological polar surface area (TPSA) is 45.8 Å². The summed E-state index contributed by atoms with van der Waals surface area (Å²) in [6.07, 6.45) is 0. The van der Waals surface area contributed by atoms with Gasteiger partial charge in [0.1, 0.15) is 6.04 Å². The predicted octanol–water partition coefficient (Wildman–Crippen LogP) is 2.19. The molecule has 3 nitrogen and oxygen atoms in total. The van der Waals surface area contributed by atoms with E-state index < -0.39 is 0 Å². The number of hydrogen-bond donors (Lipinski definition) is 0. The summed E-state index contributed by atoms with van der Waals surface area (Å²) in [5, 5.41) is 9.12. The fourth-order valence-corrected chi connectivity index (χ4v) is 1.81. The lowest BCUT2D eigenvalue weighted by molar-refractivity contribution is 0.442. The van der Waals surface area contributed by atoms with E-state index in [2.05, 4.69) is 6.07 Å². The van der Waals surface area contributed by atoms with Gasteiger partial charge >= 0.3 is 0 Å². The average Bonchev–Trinajstić information content (AvgIpc) is 2.09. The van der Waals surface area contributed by atoms with Crippen LogP contribution in [0.4, 0.5) is 0 Å². The molecule has 0 amide bonds. The van der Waals surface area contributed by atoms with Crippen LogP contribution in [-0.2, 0) is 0 Å². The van der Waals surface area contributed by atoms with E-state index in [-0.39, 0.29) is 17.4 Å². The summed E-state index contributed by atoms with van der Waals surface area (Å²) >= 11 is 0. The van der Waals surface area contributed by atoms with Crippen LogP contribution in [0.2, 0.25) is 0 Å². The Morgan fingerprint density at radius 3 is 2.07 bits per heavy atom. The summed E-state index contributed by atoms with van der Waals surface area (Å²) in [6, 6.07) is 5.22. The van der Waals surface area contributed by atoms with Crippen LogP contribution in [0.5, 0.6) is 0 Å². The van der Waals surface area contributed by atoms with Gasteiger partial charge in [0.15, 0.2) is 5.43 Å². The number of pyridine rings is 1. The first-order chi connectivity index (χ1) is 6.97. The molecule has 0 saturated carbocycles. The van der Waals surface area contributed by atoms with Crippen molar-refractivity contribution in [2.75, 3.05) is 0 Å². The molecule has 15 heavy (non-hydrogen) atoms. The van der Waals surface area contributed by atoms with E-state index in [4.69, 9.17) is 5.26 Å². The lowest BCUT2D eigenvalue weighted by Crippen LogP contribution is -2.21. The molecule has 0 spiro atoms. The number of nitrogens with zero attached hydrogens (tertiary/aromatic N) is 2. The quantitative estimate of drug-likeness (QED) is 0.741. The Hall–Kier alpha value is -1.56. The van der Waals surface area contributed by atoms with Gasteiger partial charge in [0.05, 0.1) is 6.07 Å². The molecule has 0 aromatic carbocycles. The Kier molecular flexibility index (Phi) is 3.31. The van der Waals surface area contributed by atoms with Gasteiger partial charge in [-0.1, -0.05) is 13.8 Å². The zero-order valence-corrected chi connectivity index (χ0v) is 9.61. The highest BCUT2D eigenvalue weighted by atomic mass is 16.1. The maximum atomic E-state index is 11.2. The van der Waals surface area contributed by atoms with Gasteiger partial charge in [-0.2, -0.15) is 5.26 Å². The van der Waals surface area contributed by atoms with Gasteiger partial charge in [-0.05, 0) is 19.8 Å². The first-order valence-corrected chi connectivity index (χ1v) is 5.06. The predicted molar refractivity (Wildman–Crippen MR) is 59.7 cm³/mol. The van der Waals surface area contributed by atoms with Crippen molar-refractivity contribution in [3.63, 3.8) is 0 Å². The molecule has 3 heteroatoms. The average molecular weight is 204 g/mol. The third kappa shape index (κ3) is 2.27. The van der Waals surface area contributed by atoms with Crippen molar-refractivity contribution in [3.05, 3.63) is 33.7 Å².